The van der Waals surface area contributed by atoms with E-state index in [1.165, 1.54) is 69.2 Å². The van der Waals surface area contributed by atoms with Crippen LogP contribution < -0.4 is 5.32 Å². The molecular formula is C15H26N4. The summed E-state index contributed by atoms with van der Waals surface area (Å²) < 4.78 is 2.31. The van der Waals surface area contributed by atoms with Gasteiger partial charge in [-0.3, -0.25) is 0 Å². The fourth-order valence-electron chi connectivity index (χ4n) is 3.84. The lowest BCUT2D eigenvalue weighted by molar-refractivity contribution is 0.312. The van der Waals surface area contributed by atoms with Crippen LogP contribution in [0.5, 0.6) is 0 Å². The van der Waals surface area contributed by atoms with Gasteiger partial charge < -0.3 is 5.32 Å². The van der Waals surface area contributed by atoms with E-state index < -0.39 is 0 Å². The Bertz CT molecular complexity index is 400. The molecule has 1 aromatic heterocycles. The van der Waals surface area contributed by atoms with Gasteiger partial charge in [-0.25, -0.2) is 4.68 Å². The number of nitrogens with one attached hydrogen (secondary N) is 1. The zero-order valence-corrected chi connectivity index (χ0v) is 12.1. The van der Waals surface area contributed by atoms with E-state index in [1.54, 1.807) is 0 Å². The average molecular weight is 262 g/mol. The summed E-state index contributed by atoms with van der Waals surface area (Å²) in [5.74, 6) is 0.709. The molecular weight excluding hydrogens is 236 g/mol. The van der Waals surface area contributed by atoms with Crippen molar-refractivity contribution in [3.8, 4) is 0 Å². The summed E-state index contributed by atoms with van der Waals surface area (Å²) in [4.78, 5) is 0. The SMILES string of the molecule is CNCc1nnn(C2CCCCC2)c1C1CCCC1. The summed E-state index contributed by atoms with van der Waals surface area (Å²) in [5, 5.41) is 12.3. The molecule has 0 spiro atoms. The van der Waals surface area contributed by atoms with Crippen molar-refractivity contribution in [3.63, 3.8) is 0 Å². The van der Waals surface area contributed by atoms with Gasteiger partial charge >= 0.3 is 0 Å². The highest BCUT2D eigenvalue weighted by atomic mass is 15.4. The number of hydrogen-bond acceptors (Lipinski definition) is 3. The third-order valence-electron chi connectivity index (χ3n) is 4.81. The van der Waals surface area contributed by atoms with Gasteiger partial charge in [-0.1, -0.05) is 37.3 Å². The fraction of sp³-hybridized carbons (Fsp3) is 0.867. The molecule has 0 bridgehead atoms. The van der Waals surface area contributed by atoms with E-state index >= 15 is 0 Å². The van der Waals surface area contributed by atoms with Gasteiger partial charge in [0.25, 0.3) is 0 Å². The van der Waals surface area contributed by atoms with Crippen LogP contribution in [0.25, 0.3) is 0 Å². The Morgan fingerprint density at radius 1 is 1.05 bits per heavy atom. The molecule has 0 aromatic carbocycles. The van der Waals surface area contributed by atoms with Crippen LogP contribution in [-0.2, 0) is 6.54 Å². The monoisotopic (exact) mass is 262 g/mol. The Balaban J connectivity index is 1.88. The Morgan fingerprint density at radius 2 is 1.74 bits per heavy atom. The maximum atomic E-state index is 4.53. The molecule has 106 valence electrons. The summed E-state index contributed by atoms with van der Waals surface area (Å²) >= 11 is 0. The quantitative estimate of drug-likeness (QED) is 0.906. The van der Waals surface area contributed by atoms with Crippen LogP contribution in [-0.4, -0.2) is 22.0 Å². The maximum Gasteiger partial charge on any atom is 0.0999 e. The van der Waals surface area contributed by atoms with Gasteiger partial charge in [-0.15, -0.1) is 5.10 Å². The van der Waals surface area contributed by atoms with E-state index in [-0.39, 0.29) is 0 Å². The van der Waals surface area contributed by atoms with Crippen LogP contribution in [0.3, 0.4) is 0 Å². The minimum atomic E-state index is 0.613. The van der Waals surface area contributed by atoms with E-state index in [4.69, 9.17) is 0 Å². The fourth-order valence-corrected chi connectivity index (χ4v) is 3.84. The molecule has 0 unspecified atom stereocenters. The predicted molar refractivity (Wildman–Crippen MR) is 76.1 cm³/mol. The summed E-state index contributed by atoms with van der Waals surface area (Å²) in [5.41, 5.74) is 2.65. The first-order valence-electron chi connectivity index (χ1n) is 7.98. The lowest BCUT2D eigenvalue weighted by Gasteiger charge is -2.25. The number of hydrogen-bond donors (Lipinski definition) is 1. The minimum Gasteiger partial charge on any atom is -0.314 e. The first-order chi connectivity index (χ1) is 9.40. The van der Waals surface area contributed by atoms with Crippen LogP contribution >= 0.6 is 0 Å². The molecule has 3 rings (SSSR count). The zero-order valence-electron chi connectivity index (χ0n) is 12.1. The van der Waals surface area contributed by atoms with Crippen molar-refractivity contribution >= 4 is 0 Å². The van der Waals surface area contributed by atoms with Crippen molar-refractivity contribution in [2.45, 2.75) is 76.3 Å². The molecule has 1 heterocycles. The van der Waals surface area contributed by atoms with Crippen molar-refractivity contribution in [2.75, 3.05) is 7.05 Å². The van der Waals surface area contributed by atoms with Crippen LogP contribution in [0.15, 0.2) is 0 Å². The second-order valence-corrected chi connectivity index (χ2v) is 6.17. The van der Waals surface area contributed by atoms with Gasteiger partial charge in [-0.2, -0.15) is 0 Å². The second-order valence-electron chi connectivity index (χ2n) is 6.17. The standard InChI is InChI=1S/C15H26N4/c1-16-11-14-15(12-7-5-6-8-12)19(18-17-14)13-9-3-2-4-10-13/h12-13,16H,2-11H2,1H3. The maximum absolute atomic E-state index is 4.53. The van der Waals surface area contributed by atoms with Crippen molar-refractivity contribution in [2.24, 2.45) is 0 Å². The predicted octanol–water partition coefficient (Wildman–Crippen LogP) is 3.16. The van der Waals surface area contributed by atoms with Crippen molar-refractivity contribution in [1.29, 1.82) is 0 Å². The van der Waals surface area contributed by atoms with Crippen LogP contribution in [0.2, 0.25) is 0 Å². The lowest BCUT2D eigenvalue weighted by atomic mass is 9.94. The van der Waals surface area contributed by atoms with E-state index in [0.29, 0.717) is 12.0 Å². The molecule has 1 N–H and O–H groups in total. The number of aromatic nitrogens is 3. The number of rotatable bonds is 4. The Hall–Kier alpha value is -0.900. The highest BCUT2D eigenvalue weighted by Crippen LogP contribution is 2.38. The van der Waals surface area contributed by atoms with Gasteiger partial charge in [-0.05, 0) is 32.7 Å². The van der Waals surface area contributed by atoms with Gasteiger partial charge in [0.15, 0.2) is 0 Å². The van der Waals surface area contributed by atoms with Crippen molar-refractivity contribution in [3.05, 3.63) is 11.4 Å². The summed E-state index contributed by atoms with van der Waals surface area (Å²) in [6.45, 7) is 0.860. The largest absolute Gasteiger partial charge is 0.314 e. The molecule has 0 atom stereocenters. The summed E-state index contributed by atoms with van der Waals surface area (Å²) in [6, 6.07) is 0.613. The van der Waals surface area contributed by atoms with Crippen LogP contribution in [0.4, 0.5) is 0 Å². The molecule has 2 aliphatic rings. The second kappa shape index (κ2) is 6.04. The molecule has 1 aromatic rings. The smallest absolute Gasteiger partial charge is 0.0999 e. The molecule has 0 saturated heterocycles. The van der Waals surface area contributed by atoms with Gasteiger partial charge in [0.2, 0.25) is 0 Å². The molecule has 2 saturated carbocycles. The molecule has 2 fully saturated rings. The molecule has 4 nitrogen and oxygen atoms in total. The molecule has 0 aliphatic heterocycles. The number of nitrogens with zero attached hydrogens (tertiary/aromatic N) is 3. The van der Waals surface area contributed by atoms with Crippen LogP contribution in [0, 0.1) is 0 Å². The molecule has 2 aliphatic carbocycles. The van der Waals surface area contributed by atoms with Gasteiger partial charge in [0.1, 0.15) is 0 Å². The van der Waals surface area contributed by atoms with Crippen molar-refractivity contribution in [1.82, 2.24) is 20.3 Å². The third-order valence-corrected chi connectivity index (χ3v) is 4.81. The first kappa shape index (κ1) is 13.1. The highest BCUT2D eigenvalue weighted by Gasteiger charge is 2.28. The third kappa shape index (κ3) is 2.69. The topological polar surface area (TPSA) is 42.7 Å². The molecule has 19 heavy (non-hydrogen) atoms. The van der Waals surface area contributed by atoms with Gasteiger partial charge in [0.05, 0.1) is 17.4 Å². The van der Waals surface area contributed by atoms with E-state index in [0.717, 1.165) is 6.54 Å². The molecule has 0 radical (unpaired) electrons. The van der Waals surface area contributed by atoms with E-state index in [1.807, 2.05) is 7.05 Å². The minimum absolute atomic E-state index is 0.613. The molecule has 0 amide bonds. The van der Waals surface area contributed by atoms with E-state index in [2.05, 4.69) is 20.3 Å². The van der Waals surface area contributed by atoms with E-state index in [9.17, 15) is 0 Å². The van der Waals surface area contributed by atoms with Crippen molar-refractivity contribution < 1.29 is 0 Å². The molecule has 4 heteroatoms. The zero-order chi connectivity index (χ0) is 13.1. The first-order valence-corrected chi connectivity index (χ1v) is 7.98. The van der Waals surface area contributed by atoms with Crippen LogP contribution in [0.1, 0.15) is 81.1 Å². The Morgan fingerprint density at radius 3 is 2.42 bits per heavy atom. The Labute approximate surface area is 116 Å². The summed E-state index contributed by atoms with van der Waals surface area (Å²) in [7, 11) is 2.00. The lowest BCUT2D eigenvalue weighted by Crippen LogP contribution is -2.19. The highest BCUT2D eigenvalue weighted by molar-refractivity contribution is 5.18. The summed E-state index contributed by atoms with van der Waals surface area (Å²) in [6.07, 6.45) is 12.1. The van der Waals surface area contributed by atoms with Gasteiger partial charge in [0, 0.05) is 12.5 Å². The average Bonchev–Trinajstić information content (AvgIpc) is 3.08. The Kier molecular flexibility index (Phi) is 4.16. The normalized spacial score (nSPS) is 22.2.